The standard InChI is InChI=1S/C15H17BrN2O/c1-11-8-9-14(16)15(19-2)13(11)10-17-18-12-6-4-3-5-7-12/h3-9,17-18H,10H2,1-2H3. The molecule has 2 N–H and O–H groups in total. The Morgan fingerprint density at radius 2 is 1.84 bits per heavy atom. The maximum absolute atomic E-state index is 5.45. The Kier molecular flexibility index (Phi) is 4.82. The molecule has 2 aromatic carbocycles. The summed E-state index contributed by atoms with van der Waals surface area (Å²) < 4.78 is 6.41. The number of ether oxygens (including phenoxy) is 1. The van der Waals surface area contributed by atoms with Crippen molar-refractivity contribution in [3.8, 4) is 5.75 Å². The van der Waals surface area contributed by atoms with Crippen molar-refractivity contribution in [3.63, 3.8) is 0 Å². The molecule has 0 aromatic heterocycles. The summed E-state index contributed by atoms with van der Waals surface area (Å²) in [6, 6.07) is 14.1. The molecule has 19 heavy (non-hydrogen) atoms. The van der Waals surface area contributed by atoms with E-state index in [1.807, 2.05) is 36.4 Å². The molecule has 2 rings (SSSR count). The number of halogens is 1. The van der Waals surface area contributed by atoms with Crippen LogP contribution in [0.2, 0.25) is 0 Å². The van der Waals surface area contributed by atoms with Crippen LogP contribution in [0.3, 0.4) is 0 Å². The third-order valence-electron chi connectivity index (χ3n) is 2.92. The van der Waals surface area contributed by atoms with Crippen LogP contribution in [-0.2, 0) is 6.54 Å². The van der Waals surface area contributed by atoms with Crippen LogP contribution in [0.1, 0.15) is 11.1 Å². The normalized spacial score (nSPS) is 10.3. The van der Waals surface area contributed by atoms with Crippen molar-refractivity contribution in [3.05, 3.63) is 58.1 Å². The Morgan fingerprint density at radius 1 is 1.11 bits per heavy atom. The summed E-state index contributed by atoms with van der Waals surface area (Å²) in [5.41, 5.74) is 9.75. The highest BCUT2D eigenvalue weighted by Gasteiger charge is 2.09. The van der Waals surface area contributed by atoms with Crippen LogP contribution in [0.25, 0.3) is 0 Å². The second-order valence-corrected chi connectivity index (χ2v) is 5.08. The van der Waals surface area contributed by atoms with Gasteiger partial charge in [-0.2, -0.15) is 0 Å². The molecule has 2 aromatic rings. The summed E-state index contributed by atoms with van der Waals surface area (Å²) in [6.45, 7) is 2.76. The van der Waals surface area contributed by atoms with E-state index in [4.69, 9.17) is 4.74 Å². The molecule has 0 heterocycles. The van der Waals surface area contributed by atoms with Gasteiger partial charge in [0.2, 0.25) is 0 Å². The van der Waals surface area contributed by atoms with Gasteiger partial charge in [0.1, 0.15) is 5.75 Å². The van der Waals surface area contributed by atoms with Crippen molar-refractivity contribution in [1.29, 1.82) is 0 Å². The minimum absolute atomic E-state index is 0.684. The average molecular weight is 321 g/mol. The molecule has 0 radical (unpaired) electrons. The van der Waals surface area contributed by atoms with Gasteiger partial charge in [0, 0.05) is 17.8 Å². The van der Waals surface area contributed by atoms with E-state index < -0.39 is 0 Å². The summed E-state index contributed by atoms with van der Waals surface area (Å²) in [7, 11) is 1.69. The zero-order chi connectivity index (χ0) is 13.7. The van der Waals surface area contributed by atoms with Gasteiger partial charge >= 0.3 is 0 Å². The number of anilines is 1. The molecule has 100 valence electrons. The summed E-state index contributed by atoms with van der Waals surface area (Å²) >= 11 is 3.51. The van der Waals surface area contributed by atoms with Gasteiger partial charge in [-0.15, -0.1) is 0 Å². The second kappa shape index (κ2) is 6.59. The molecular formula is C15H17BrN2O. The van der Waals surface area contributed by atoms with Gasteiger partial charge in [-0.05, 0) is 46.6 Å². The first kappa shape index (κ1) is 13.9. The highest BCUT2D eigenvalue weighted by Crippen LogP contribution is 2.31. The lowest BCUT2D eigenvalue weighted by molar-refractivity contribution is 0.405. The Hall–Kier alpha value is -1.52. The average Bonchev–Trinajstić information content (AvgIpc) is 2.44. The van der Waals surface area contributed by atoms with Crippen molar-refractivity contribution in [2.24, 2.45) is 0 Å². The first-order valence-electron chi connectivity index (χ1n) is 6.08. The number of hydrogen-bond acceptors (Lipinski definition) is 3. The van der Waals surface area contributed by atoms with E-state index >= 15 is 0 Å². The van der Waals surface area contributed by atoms with Crippen LogP contribution in [0, 0.1) is 6.92 Å². The van der Waals surface area contributed by atoms with Gasteiger partial charge in [-0.1, -0.05) is 24.3 Å². The van der Waals surface area contributed by atoms with E-state index in [2.05, 4.69) is 39.8 Å². The molecule has 0 atom stereocenters. The summed E-state index contributed by atoms with van der Waals surface area (Å²) in [6.07, 6.45) is 0. The minimum Gasteiger partial charge on any atom is -0.495 e. The molecular weight excluding hydrogens is 304 g/mol. The first-order chi connectivity index (χ1) is 9.22. The second-order valence-electron chi connectivity index (χ2n) is 4.22. The van der Waals surface area contributed by atoms with Crippen LogP contribution in [0.5, 0.6) is 5.75 Å². The van der Waals surface area contributed by atoms with Crippen LogP contribution in [0.15, 0.2) is 46.9 Å². The Bertz CT molecular complexity index is 543. The summed E-state index contributed by atoms with van der Waals surface area (Å²) in [5, 5.41) is 0. The van der Waals surface area contributed by atoms with Crippen LogP contribution >= 0.6 is 15.9 Å². The van der Waals surface area contributed by atoms with E-state index in [9.17, 15) is 0 Å². The fourth-order valence-electron chi connectivity index (χ4n) is 1.89. The monoisotopic (exact) mass is 320 g/mol. The van der Waals surface area contributed by atoms with Gasteiger partial charge in [0.15, 0.2) is 0 Å². The zero-order valence-electron chi connectivity index (χ0n) is 11.0. The topological polar surface area (TPSA) is 33.3 Å². The molecule has 0 saturated carbocycles. The van der Waals surface area contributed by atoms with Crippen molar-refractivity contribution in [1.82, 2.24) is 5.43 Å². The number of hydrogen-bond donors (Lipinski definition) is 2. The molecule has 0 aliphatic carbocycles. The van der Waals surface area contributed by atoms with E-state index in [0.717, 1.165) is 21.5 Å². The SMILES string of the molecule is COc1c(Br)ccc(C)c1CNNc1ccccc1. The van der Waals surface area contributed by atoms with Crippen molar-refractivity contribution < 1.29 is 4.74 Å². The van der Waals surface area contributed by atoms with Gasteiger partial charge < -0.3 is 10.2 Å². The van der Waals surface area contributed by atoms with Crippen LogP contribution in [0.4, 0.5) is 5.69 Å². The third-order valence-corrected chi connectivity index (χ3v) is 3.55. The number of benzene rings is 2. The molecule has 0 aliphatic heterocycles. The fourth-order valence-corrected chi connectivity index (χ4v) is 2.43. The zero-order valence-corrected chi connectivity index (χ0v) is 12.6. The quantitative estimate of drug-likeness (QED) is 0.820. The maximum Gasteiger partial charge on any atom is 0.137 e. The van der Waals surface area contributed by atoms with Crippen LogP contribution in [-0.4, -0.2) is 7.11 Å². The molecule has 0 spiro atoms. The molecule has 4 heteroatoms. The van der Waals surface area contributed by atoms with E-state index in [-0.39, 0.29) is 0 Å². The highest BCUT2D eigenvalue weighted by molar-refractivity contribution is 9.10. The van der Waals surface area contributed by atoms with Gasteiger partial charge in [-0.25, -0.2) is 5.43 Å². The number of rotatable bonds is 5. The lowest BCUT2D eigenvalue weighted by Crippen LogP contribution is -2.21. The summed E-state index contributed by atoms with van der Waals surface area (Å²) in [5.74, 6) is 0.877. The smallest absolute Gasteiger partial charge is 0.137 e. The predicted molar refractivity (Wildman–Crippen MR) is 82.3 cm³/mol. The number of para-hydroxylation sites is 1. The largest absolute Gasteiger partial charge is 0.495 e. The maximum atomic E-state index is 5.45. The van der Waals surface area contributed by atoms with Crippen molar-refractivity contribution in [2.75, 3.05) is 12.5 Å². The molecule has 0 fully saturated rings. The Labute approximate surface area is 122 Å². The first-order valence-corrected chi connectivity index (χ1v) is 6.87. The van der Waals surface area contributed by atoms with Crippen LogP contribution < -0.4 is 15.6 Å². The minimum atomic E-state index is 0.684. The molecule has 0 unspecified atom stereocenters. The molecule has 0 amide bonds. The number of aryl methyl sites for hydroxylation is 1. The van der Waals surface area contributed by atoms with E-state index in [1.165, 1.54) is 5.56 Å². The molecule has 0 bridgehead atoms. The molecule has 3 nitrogen and oxygen atoms in total. The number of methoxy groups -OCH3 is 1. The summed E-state index contributed by atoms with van der Waals surface area (Å²) in [4.78, 5) is 0. The Morgan fingerprint density at radius 3 is 2.53 bits per heavy atom. The molecule has 0 aliphatic rings. The molecule has 0 saturated heterocycles. The highest BCUT2D eigenvalue weighted by atomic mass is 79.9. The lowest BCUT2D eigenvalue weighted by Gasteiger charge is -2.15. The fraction of sp³-hybridized carbons (Fsp3) is 0.200. The third kappa shape index (κ3) is 3.49. The lowest BCUT2D eigenvalue weighted by atomic mass is 10.1. The number of hydrazine groups is 1. The van der Waals surface area contributed by atoms with Gasteiger partial charge in [-0.3, -0.25) is 0 Å². The van der Waals surface area contributed by atoms with Crippen molar-refractivity contribution in [2.45, 2.75) is 13.5 Å². The number of nitrogens with one attached hydrogen (secondary N) is 2. The van der Waals surface area contributed by atoms with Crippen molar-refractivity contribution >= 4 is 21.6 Å². The van der Waals surface area contributed by atoms with Gasteiger partial charge in [0.25, 0.3) is 0 Å². The Balaban J connectivity index is 2.05. The van der Waals surface area contributed by atoms with E-state index in [1.54, 1.807) is 7.11 Å². The van der Waals surface area contributed by atoms with E-state index in [0.29, 0.717) is 6.54 Å². The van der Waals surface area contributed by atoms with Gasteiger partial charge in [0.05, 0.1) is 11.6 Å². The predicted octanol–water partition coefficient (Wildman–Crippen LogP) is 3.88.